The number of hydrogen-bond donors (Lipinski definition) is 2. The van der Waals surface area contributed by atoms with Crippen LogP contribution < -0.4 is 5.32 Å². The van der Waals surface area contributed by atoms with Gasteiger partial charge in [-0.25, -0.2) is 4.98 Å². The SMILES string of the molecule is N=C(Nc1cccc(C(F)(F)F)c1)c1cnccn1. The Bertz CT molecular complexity index is 581. The van der Waals surface area contributed by atoms with Gasteiger partial charge in [0, 0.05) is 18.1 Å². The van der Waals surface area contributed by atoms with Crippen LogP contribution in [0.5, 0.6) is 0 Å². The smallest absolute Gasteiger partial charge is 0.339 e. The fourth-order valence-electron chi connectivity index (χ4n) is 1.41. The van der Waals surface area contributed by atoms with Crippen molar-refractivity contribution in [1.29, 1.82) is 5.41 Å². The summed E-state index contributed by atoms with van der Waals surface area (Å²) in [5, 5.41) is 10.3. The molecular weight excluding hydrogens is 257 g/mol. The van der Waals surface area contributed by atoms with Crippen molar-refractivity contribution >= 4 is 11.5 Å². The second-order valence-corrected chi connectivity index (χ2v) is 3.67. The van der Waals surface area contributed by atoms with E-state index in [0.717, 1.165) is 12.1 Å². The summed E-state index contributed by atoms with van der Waals surface area (Å²) in [6.45, 7) is 0. The normalized spacial score (nSPS) is 11.1. The van der Waals surface area contributed by atoms with Crippen LogP contribution in [-0.4, -0.2) is 15.8 Å². The van der Waals surface area contributed by atoms with E-state index in [0.29, 0.717) is 0 Å². The molecule has 2 N–H and O–H groups in total. The molecule has 0 saturated carbocycles. The highest BCUT2D eigenvalue weighted by atomic mass is 19.4. The van der Waals surface area contributed by atoms with Crippen molar-refractivity contribution in [3.05, 3.63) is 54.1 Å². The predicted octanol–water partition coefficient (Wildman–Crippen LogP) is 2.93. The van der Waals surface area contributed by atoms with E-state index in [1.165, 1.54) is 30.7 Å². The Morgan fingerprint density at radius 3 is 2.63 bits per heavy atom. The molecule has 0 fully saturated rings. The summed E-state index contributed by atoms with van der Waals surface area (Å²) in [4.78, 5) is 7.66. The lowest BCUT2D eigenvalue weighted by molar-refractivity contribution is -0.137. The van der Waals surface area contributed by atoms with Gasteiger partial charge in [-0.2, -0.15) is 13.2 Å². The predicted molar refractivity (Wildman–Crippen MR) is 63.9 cm³/mol. The first-order valence-corrected chi connectivity index (χ1v) is 5.26. The number of aromatic nitrogens is 2. The van der Waals surface area contributed by atoms with E-state index in [-0.39, 0.29) is 17.2 Å². The zero-order valence-corrected chi connectivity index (χ0v) is 9.57. The fraction of sp³-hybridized carbons (Fsp3) is 0.0833. The molecule has 0 radical (unpaired) electrons. The molecule has 1 aromatic carbocycles. The first-order valence-electron chi connectivity index (χ1n) is 5.26. The molecule has 0 aliphatic carbocycles. The van der Waals surface area contributed by atoms with Crippen LogP contribution in [0.25, 0.3) is 0 Å². The summed E-state index contributed by atoms with van der Waals surface area (Å²) in [7, 11) is 0. The zero-order chi connectivity index (χ0) is 13.9. The first-order chi connectivity index (χ1) is 8.97. The van der Waals surface area contributed by atoms with Gasteiger partial charge in [-0.15, -0.1) is 0 Å². The molecule has 19 heavy (non-hydrogen) atoms. The maximum atomic E-state index is 12.5. The quantitative estimate of drug-likeness (QED) is 0.649. The minimum atomic E-state index is -4.41. The molecule has 0 unspecified atom stereocenters. The second-order valence-electron chi connectivity index (χ2n) is 3.67. The van der Waals surface area contributed by atoms with E-state index in [9.17, 15) is 13.2 Å². The van der Waals surface area contributed by atoms with Crippen LogP contribution in [0.2, 0.25) is 0 Å². The highest BCUT2D eigenvalue weighted by molar-refractivity contribution is 6.04. The third kappa shape index (κ3) is 3.27. The Labute approximate surface area is 106 Å². The van der Waals surface area contributed by atoms with Gasteiger partial charge >= 0.3 is 6.18 Å². The number of benzene rings is 1. The van der Waals surface area contributed by atoms with E-state index in [2.05, 4.69) is 15.3 Å². The monoisotopic (exact) mass is 266 g/mol. The maximum Gasteiger partial charge on any atom is 0.416 e. The molecule has 0 aliphatic rings. The van der Waals surface area contributed by atoms with Crippen molar-refractivity contribution in [1.82, 2.24) is 9.97 Å². The number of anilines is 1. The van der Waals surface area contributed by atoms with Crippen molar-refractivity contribution < 1.29 is 13.2 Å². The number of rotatable bonds is 2. The third-order valence-corrected chi connectivity index (χ3v) is 2.28. The summed E-state index contributed by atoms with van der Waals surface area (Å²) in [6, 6.07) is 4.62. The summed E-state index contributed by atoms with van der Waals surface area (Å²) in [5.41, 5.74) is -0.352. The van der Waals surface area contributed by atoms with Gasteiger partial charge in [-0.05, 0) is 18.2 Å². The Morgan fingerprint density at radius 2 is 2.00 bits per heavy atom. The number of amidine groups is 1. The van der Waals surface area contributed by atoms with Crippen LogP contribution in [0.3, 0.4) is 0 Å². The highest BCUT2D eigenvalue weighted by Crippen LogP contribution is 2.30. The van der Waals surface area contributed by atoms with Crippen molar-refractivity contribution in [2.75, 3.05) is 5.32 Å². The van der Waals surface area contributed by atoms with Crippen LogP contribution in [0, 0.1) is 5.41 Å². The molecule has 2 aromatic rings. The van der Waals surface area contributed by atoms with Crippen LogP contribution >= 0.6 is 0 Å². The first kappa shape index (κ1) is 13.0. The van der Waals surface area contributed by atoms with Crippen molar-refractivity contribution in [3.8, 4) is 0 Å². The highest BCUT2D eigenvalue weighted by Gasteiger charge is 2.30. The lowest BCUT2D eigenvalue weighted by Gasteiger charge is -2.10. The Hall–Kier alpha value is -2.44. The molecule has 0 saturated heterocycles. The van der Waals surface area contributed by atoms with E-state index in [4.69, 9.17) is 5.41 Å². The number of nitrogens with one attached hydrogen (secondary N) is 2. The van der Waals surface area contributed by atoms with Gasteiger partial charge in [0.2, 0.25) is 0 Å². The molecule has 98 valence electrons. The van der Waals surface area contributed by atoms with Gasteiger partial charge in [0.1, 0.15) is 5.69 Å². The summed E-state index contributed by atoms with van der Waals surface area (Å²) >= 11 is 0. The van der Waals surface area contributed by atoms with Gasteiger partial charge in [-0.1, -0.05) is 6.07 Å². The van der Waals surface area contributed by atoms with Gasteiger partial charge in [-0.3, -0.25) is 10.4 Å². The molecule has 0 spiro atoms. The molecule has 0 amide bonds. The number of nitrogens with zero attached hydrogens (tertiary/aromatic N) is 2. The molecule has 2 rings (SSSR count). The molecule has 1 heterocycles. The second kappa shape index (κ2) is 5.05. The average Bonchev–Trinajstić information content (AvgIpc) is 2.39. The zero-order valence-electron chi connectivity index (χ0n) is 9.57. The number of halogens is 3. The van der Waals surface area contributed by atoms with Gasteiger partial charge in [0.25, 0.3) is 0 Å². The number of alkyl halides is 3. The van der Waals surface area contributed by atoms with E-state index in [1.807, 2.05) is 0 Å². The Morgan fingerprint density at radius 1 is 1.21 bits per heavy atom. The largest absolute Gasteiger partial charge is 0.416 e. The topological polar surface area (TPSA) is 61.7 Å². The minimum Gasteiger partial charge on any atom is -0.339 e. The summed E-state index contributed by atoms with van der Waals surface area (Å²) in [5.74, 6) is -0.118. The Balaban J connectivity index is 2.18. The standard InChI is InChI=1S/C12H9F3N4/c13-12(14,15)8-2-1-3-9(6-8)19-11(16)10-7-17-4-5-18-10/h1-7H,(H2,16,19). The van der Waals surface area contributed by atoms with Crippen LogP contribution in [0.4, 0.5) is 18.9 Å². The molecular formula is C12H9F3N4. The lowest BCUT2D eigenvalue weighted by atomic mass is 10.2. The van der Waals surface area contributed by atoms with E-state index in [1.54, 1.807) is 0 Å². The maximum absolute atomic E-state index is 12.5. The molecule has 1 aromatic heterocycles. The van der Waals surface area contributed by atoms with Crippen LogP contribution in [0.1, 0.15) is 11.3 Å². The average molecular weight is 266 g/mol. The van der Waals surface area contributed by atoms with Gasteiger partial charge in [0.05, 0.1) is 11.8 Å². The van der Waals surface area contributed by atoms with Gasteiger partial charge in [0.15, 0.2) is 5.84 Å². The molecule has 4 nitrogen and oxygen atoms in total. The van der Waals surface area contributed by atoms with Crippen molar-refractivity contribution in [2.24, 2.45) is 0 Å². The van der Waals surface area contributed by atoms with Crippen LogP contribution in [-0.2, 0) is 6.18 Å². The molecule has 0 atom stereocenters. The summed E-state index contributed by atoms with van der Waals surface area (Å²) < 4.78 is 37.6. The number of hydrogen-bond acceptors (Lipinski definition) is 3. The lowest BCUT2D eigenvalue weighted by Crippen LogP contribution is -2.14. The van der Waals surface area contributed by atoms with Crippen molar-refractivity contribution in [2.45, 2.75) is 6.18 Å². The minimum absolute atomic E-state index is 0.118. The molecule has 7 heteroatoms. The molecule has 0 bridgehead atoms. The molecule has 0 aliphatic heterocycles. The van der Waals surface area contributed by atoms with Crippen molar-refractivity contribution in [3.63, 3.8) is 0 Å². The fourth-order valence-corrected chi connectivity index (χ4v) is 1.41. The van der Waals surface area contributed by atoms with Gasteiger partial charge < -0.3 is 5.32 Å². The van der Waals surface area contributed by atoms with Crippen LogP contribution in [0.15, 0.2) is 42.9 Å². The summed E-state index contributed by atoms with van der Waals surface area (Å²) in [6.07, 6.45) is -0.214. The Kier molecular flexibility index (Phi) is 3.46. The third-order valence-electron chi connectivity index (χ3n) is 2.28. The van der Waals surface area contributed by atoms with E-state index >= 15 is 0 Å². The van der Waals surface area contributed by atoms with E-state index < -0.39 is 11.7 Å².